The van der Waals surface area contributed by atoms with E-state index in [0.29, 0.717) is 0 Å². The van der Waals surface area contributed by atoms with Crippen LogP contribution in [0.3, 0.4) is 0 Å². The lowest BCUT2D eigenvalue weighted by Crippen LogP contribution is -2.43. The highest BCUT2D eigenvalue weighted by molar-refractivity contribution is 7.13. The van der Waals surface area contributed by atoms with Crippen LogP contribution in [-0.4, -0.2) is 42.3 Å². The third-order valence-electron chi connectivity index (χ3n) is 3.78. The van der Waals surface area contributed by atoms with E-state index in [4.69, 9.17) is 11.6 Å². The molecule has 3 rings (SSSR count). The van der Waals surface area contributed by atoms with E-state index in [1.165, 1.54) is 15.3 Å². The van der Waals surface area contributed by atoms with E-state index in [9.17, 15) is 0 Å². The molecule has 0 N–H and O–H groups in total. The molecular formula is C17H20ClN3S. The molecule has 0 bridgehead atoms. The van der Waals surface area contributed by atoms with Gasteiger partial charge in [-0.3, -0.25) is 9.91 Å². The molecular weight excluding hydrogens is 314 g/mol. The van der Waals surface area contributed by atoms with Crippen molar-refractivity contribution in [1.82, 2.24) is 9.91 Å². The molecule has 2 aromatic rings. The van der Waals surface area contributed by atoms with Crippen LogP contribution in [0.1, 0.15) is 15.3 Å². The molecule has 1 saturated heterocycles. The van der Waals surface area contributed by atoms with Crippen LogP contribution in [0.25, 0.3) is 0 Å². The van der Waals surface area contributed by atoms with E-state index in [2.05, 4.69) is 46.2 Å². The number of piperazine rings is 1. The fourth-order valence-corrected chi connectivity index (χ4v) is 3.39. The number of thiophene rings is 1. The van der Waals surface area contributed by atoms with Gasteiger partial charge in [0.25, 0.3) is 0 Å². The monoisotopic (exact) mass is 333 g/mol. The van der Waals surface area contributed by atoms with Gasteiger partial charge in [0, 0.05) is 47.5 Å². The van der Waals surface area contributed by atoms with Crippen molar-refractivity contribution in [2.24, 2.45) is 5.10 Å². The van der Waals surface area contributed by atoms with E-state index in [-0.39, 0.29) is 0 Å². The van der Waals surface area contributed by atoms with Gasteiger partial charge in [-0.05, 0) is 36.8 Å². The molecule has 0 aliphatic carbocycles. The molecule has 1 fully saturated rings. The van der Waals surface area contributed by atoms with Gasteiger partial charge >= 0.3 is 0 Å². The van der Waals surface area contributed by atoms with Crippen LogP contribution in [0.2, 0.25) is 5.02 Å². The Morgan fingerprint density at radius 2 is 1.82 bits per heavy atom. The van der Waals surface area contributed by atoms with Crippen molar-refractivity contribution in [2.75, 3.05) is 26.2 Å². The minimum Gasteiger partial charge on any atom is -0.295 e. The van der Waals surface area contributed by atoms with E-state index in [1.807, 2.05) is 18.3 Å². The summed E-state index contributed by atoms with van der Waals surface area (Å²) >= 11 is 7.71. The minimum atomic E-state index is 0.798. The summed E-state index contributed by atoms with van der Waals surface area (Å²) in [4.78, 5) is 5.01. The Kier molecular flexibility index (Phi) is 5.13. The smallest absolute Gasteiger partial charge is 0.0642 e. The summed E-state index contributed by atoms with van der Waals surface area (Å²) in [7, 11) is 0. The number of benzene rings is 1. The molecule has 0 spiro atoms. The van der Waals surface area contributed by atoms with Gasteiger partial charge in [0.2, 0.25) is 0 Å². The lowest BCUT2D eigenvalue weighted by Gasteiger charge is -2.33. The lowest BCUT2D eigenvalue weighted by molar-refractivity contribution is 0.131. The molecule has 116 valence electrons. The van der Waals surface area contributed by atoms with Crippen molar-refractivity contribution < 1.29 is 0 Å². The van der Waals surface area contributed by atoms with Gasteiger partial charge < -0.3 is 0 Å². The number of hydrogen-bond acceptors (Lipinski definition) is 4. The average Bonchev–Trinajstić information content (AvgIpc) is 2.94. The summed E-state index contributed by atoms with van der Waals surface area (Å²) in [5.74, 6) is 0. The zero-order valence-electron chi connectivity index (χ0n) is 12.7. The van der Waals surface area contributed by atoms with Crippen molar-refractivity contribution >= 4 is 29.2 Å². The van der Waals surface area contributed by atoms with Gasteiger partial charge in [-0.2, -0.15) is 5.10 Å². The average molecular weight is 334 g/mol. The van der Waals surface area contributed by atoms with E-state index in [0.717, 1.165) is 37.7 Å². The van der Waals surface area contributed by atoms with Crippen LogP contribution in [0.4, 0.5) is 0 Å². The van der Waals surface area contributed by atoms with E-state index >= 15 is 0 Å². The molecule has 22 heavy (non-hydrogen) atoms. The highest BCUT2D eigenvalue weighted by Gasteiger charge is 2.15. The molecule has 0 atom stereocenters. The number of nitrogens with zero attached hydrogens (tertiary/aromatic N) is 3. The Hall–Kier alpha value is -1.36. The molecule has 0 unspecified atom stereocenters. The van der Waals surface area contributed by atoms with Crippen LogP contribution in [0.5, 0.6) is 0 Å². The topological polar surface area (TPSA) is 18.8 Å². The molecule has 1 aromatic carbocycles. The normalized spacial score (nSPS) is 16.5. The number of aryl methyl sites for hydroxylation is 1. The molecule has 0 radical (unpaired) electrons. The third-order valence-corrected chi connectivity index (χ3v) is 4.96. The molecule has 1 aliphatic rings. The quantitative estimate of drug-likeness (QED) is 0.791. The Morgan fingerprint density at radius 1 is 1.09 bits per heavy atom. The first-order valence-electron chi connectivity index (χ1n) is 7.51. The second-order valence-corrected chi connectivity index (χ2v) is 7.31. The second-order valence-electron chi connectivity index (χ2n) is 5.55. The van der Waals surface area contributed by atoms with E-state index < -0.39 is 0 Å². The lowest BCUT2D eigenvalue weighted by atomic mass is 10.2. The zero-order valence-corrected chi connectivity index (χ0v) is 14.3. The van der Waals surface area contributed by atoms with Crippen molar-refractivity contribution in [3.05, 3.63) is 56.7 Å². The van der Waals surface area contributed by atoms with Crippen LogP contribution in [-0.2, 0) is 6.54 Å². The first-order valence-corrected chi connectivity index (χ1v) is 8.71. The largest absolute Gasteiger partial charge is 0.295 e. The Bertz CT molecular complexity index is 628. The molecule has 1 aliphatic heterocycles. The molecule has 1 aromatic heterocycles. The van der Waals surface area contributed by atoms with Crippen molar-refractivity contribution in [3.63, 3.8) is 0 Å². The Morgan fingerprint density at radius 3 is 2.45 bits per heavy atom. The summed E-state index contributed by atoms with van der Waals surface area (Å²) in [5, 5.41) is 7.55. The SMILES string of the molecule is Cc1ccc(C=NN2CCN(Cc3ccc(Cl)cc3)CC2)s1. The Labute approximate surface area is 140 Å². The number of hydrogen-bond donors (Lipinski definition) is 0. The van der Waals surface area contributed by atoms with Gasteiger partial charge in [0.1, 0.15) is 0 Å². The van der Waals surface area contributed by atoms with Gasteiger partial charge in [0.05, 0.1) is 6.21 Å². The first-order chi connectivity index (χ1) is 10.7. The fraction of sp³-hybridized carbons (Fsp3) is 0.353. The predicted octanol–water partition coefficient (Wildman–Crippen LogP) is 3.86. The Balaban J connectivity index is 1.48. The van der Waals surface area contributed by atoms with Crippen LogP contribution in [0.15, 0.2) is 41.5 Å². The summed E-state index contributed by atoms with van der Waals surface area (Å²) in [5.41, 5.74) is 1.32. The molecule has 0 amide bonds. The van der Waals surface area contributed by atoms with Crippen LogP contribution in [0, 0.1) is 6.92 Å². The number of hydrazone groups is 1. The predicted molar refractivity (Wildman–Crippen MR) is 95.0 cm³/mol. The highest BCUT2D eigenvalue weighted by atomic mass is 35.5. The van der Waals surface area contributed by atoms with Gasteiger partial charge in [-0.15, -0.1) is 11.3 Å². The second kappa shape index (κ2) is 7.27. The van der Waals surface area contributed by atoms with Gasteiger partial charge in [0.15, 0.2) is 0 Å². The molecule has 3 nitrogen and oxygen atoms in total. The zero-order chi connectivity index (χ0) is 15.4. The summed E-state index contributed by atoms with van der Waals surface area (Å²) in [6.45, 7) is 7.16. The maximum Gasteiger partial charge on any atom is 0.0642 e. The van der Waals surface area contributed by atoms with Crippen molar-refractivity contribution in [2.45, 2.75) is 13.5 Å². The highest BCUT2D eigenvalue weighted by Crippen LogP contribution is 2.14. The van der Waals surface area contributed by atoms with Crippen molar-refractivity contribution in [3.8, 4) is 0 Å². The van der Waals surface area contributed by atoms with Gasteiger partial charge in [-0.1, -0.05) is 23.7 Å². The third kappa shape index (κ3) is 4.32. The standard InChI is InChI=1S/C17H20ClN3S/c1-14-2-7-17(22-14)12-19-21-10-8-20(9-11-21)13-15-3-5-16(18)6-4-15/h2-7,12H,8-11,13H2,1H3. The molecule has 5 heteroatoms. The molecule has 2 heterocycles. The summed E-state index contributed by atoms with van der Waals surface area (Å²) in [6.07, 6.45) is 1.98. The summed E-state index contributed by atoms with van der Waals surface area (Å²) < 4.78 is 0. The summed E-state index contributed by atoms with van der Waals surface area (Å²) in [6, 6.07) is 12.4. The van der Waals surface area contributed by atoms with Crippen LogP contribution >= 0.6 is 22.9 Å². The molecule has 0 saturated carbocycles. The van der Waals surface area contributed by atoms with E-state index in [1.54, 1.807) is 11.3 Å². The van der Waals surface area contributed by atoms with Crippen molar-refractivity contribution in [1.29, 1.82) is 0 Å². The first kappa shape index (κ1) is 15.5. The minimum absolute atomic E-state index is 0.798. The maximum atomic E-state index is 5.93. The maximum absolute atomic E-state index is 5.93. The van der Waals surface area contributed by atoms with Crippen LogP contribution < -0.4 is 0 Å². The fourth-order valence-electron chi connectivity index (χ4n) is 2.52. The number of halogens is 1. The van der Waals surface area contributed by atoms with Gasteiger partial charge in [-0.25, -0.2) is 0 Å². The number of rotatable bonds is 4.